The minimum Gasteiger partial charge on any atom is -0.397 e. The van der Waals surface area contributed by atoms with Crippen molar-refractivity contribution in [3.63, 3.8) is 0 Å². The molecule has 7 heteroatoms. The lowest BCUT2D eigenvalue weighted by atomic mass is 10.4. The highest BCUT2D eigenvalue weighted by Crippen LogP contribution is 2.31. The number of hydrogen-bond acceptors (Lipinski definition) is 4. The Kier molecular flexibility index (Phi) is 4.59. The largest absolute Gasteiger partial charge is 0.441 e. The third-order valence-electron chi connectivity index (χ3n) is 1.39. The summed E-state index contributed by atoms with van der Waals surface area (Å²) in [4.78, 5) is 3.96. The Balaban J connectivity index is 2.30. The fraction of sp³-hybridized carbons (Fsp3) is 0.375. The van der Waals surface area contributed by atoms with E-state index in [4.69, 9.17) is 5.73 Å². The number of thioether (sulfide) groups is 2. The van der Waals surface area contributed by atoms with E-state index in [-0.39, 0.29) is 17.5 Å². The van der Waals surface area contributed by atoms with Gasteiger partial charge in [0.05, 0.1) is 5.69 Å². The number of halogens is 3. The van der Waals surface area contributed by atoms with Crippen molar-refractivity contribution in [1.82, 2.24) is 4.98 Å². The summed E-state index contributed by atoms with van der Waals surface area (Å²) >= 11 is 1.20. The van der Waals surface area contributed by atoms with Gasteiger partial charge >= 0.3 is 5.51 Å². The van der Waals surface area contributed by atoms with Gasteiger partial charge in [-0.25, -0.2) is 4.98 Å². The molecular weight excluding hydrogens is 245 g/mol. The average Bonchev–Trinajstić information content (AvgIpc) is 2.13. The van der Waals surface area contributed by atoms with E-state index >= 15 is 0 Å². The van der Waals surface area contributed by atoms with E-state index in [1.165, 1.54) is 11.8 Å². The first-order chi connectivity index (χ1) is 6.99. The van der Waals surface area contributed by atoms with E-state index in [0.29, 0.717) is 16.5 Å². The standard InChI is InChI=1S/C8H9F3N2S2/c9-8(10,11)15-5-4-14-7-6(12)2-1-3-13-7/h1-3H,4-5,12H2. The quantitative estimate of drug-likeness (QED) is 0.662. The zero-order valence-electron chi connectivity index (χ0n) is 7.62. The summed E-state index contributed by atoms with van der Waals surface area (Å²) in [7, 11) is 0. The van der Waals surface area contributed by atoms with Gasteiger partial charge in [-0.15, -0.1) is 11.8 Å². The predicted molar refractivity (Wildman–Crippen MR) is 57.9 cm³/mol. The van der Waals surface area contributed by atoms with E-state index < -0.39 is 5.51 Å². The summed E-state index contributed by atoms with van der Waals surface area (Å²) in [5, 5.41) is 0.584. The molecule has 0 aromatic carbocycles. The van der Waals surface area contributed by atoms with Gasteiger partial charge in [0.25, 0.3) is 0 Å². The SMILES string of the molecule is Nc1cccnc1SCCSC(F)(F)F. The number of nitrogens with two attached hydrogens (primary N) is 1. The molecule has 84 valence electrons. The molecule has 0 amide bonds. The van der Waals surface area contributed by atoms with Crippen LogP contribution in [-0.4, -0.2) is 22.0 Å². The lowest BCUT2D eigenvalue weighted by Crippen LogP contribution is -2.02. The second-order valence-corrected chi connectivity index (χ2v) is 4.78. The molecule has 0 fully saturated rings. The molecule has 0 aliphatic heterocycles. The molecule has 1 aromatic rings. The molecule has 0 bridgehead atoms. The molecular formula is C8H9F3N2S2. The van der Waals surface area contributed by atoms with Crippen molar-refractivity contribution in [2.24, 2.45) is 0 Å². The van der Waals surface area contributed by atoms with Gasteiger partial charge in [-0.3, -0.25) is 0 Å². The topological polar surface area (TPSA) is 38.9 Å². The first-order valence-corrected chi connectivity index (χ1v) is 6.00. The first-order valence-electron chi connectivity index (χ1n) is 4.03. The van der Waals surface area contributed by atoms with Crippen LogP contribution in [0.1, 0.15) is 0 Å². The van der Waals surface area contributed by atoms with Gasteiger partial charge < -0.3 is 5.73 Å². The van der Waals surface area contributed by atoms with Gasteiger partial charge in [0.2, 0.25) is 0 Å². The maximum Gasteiger partial charge on any atom is 0.441 e. The molecule has 0 radical (unpaired) electrons. The lowest BCUT2D eigenvalue weighted by molar-refractivity contribution is -0.0326. The highest BCUT2D eigenvalue weighted by molar-refractivity contribution is 8.03. The number of nitrogen functional groups attached to an aromatic ring is 1. The summed E-state index contributed by atoms with van der Waals surface area (Å²) < 4.78 is 35.3. The van der Waals surface area contributed by atoms with Crippen molar-refractivity contribution in [3.8, 4) is 0 Å². The molecule has 15 heavy (non-hydrogen) atoms. The summed E-state index contributed by atoms with van der Waals surface area (Å²) in [5.74, 6) is 0.343. The van der Waals surface area contributed by atoms with Crippen LogP contribution in [0.5, 0.6) is 0 Å². The van der Waals surface area contributed by atoms with Crippen LogP contribution in [0.25, 0.3) is 0 Å². The van der Waals surface area contributed by atoms with E-state index in [1.807, 2.05) is 0 Å². The molecule has 1 aromatic heterocycles. The van der Waals surface area contributed by atoms with Gasteiger partial charge in [0.15, 0.2) is 0 Å². The first kappa shape index (κ1) is 12.5. The van der Waals surface area contributed by atoms with Crippen molar-refractivity contribution in [3.05, 3.63) is 18.3 Å². The molecule has 0 spiro atoms. The van der Waals surface area contributed by atoms with Crippen LogP contribution >= 0.6 is 23.5 Å². The molecule has 0 atom stereocenters. The summed E-state index contributed by atoms with van der Waals surface area (Å²) in [5.41, 5.74) is 1.92. The van der Waals surface area contributed by atoms with E-state index in [0.717, 1.165) is 0 Å². The van der Waals surface area contributed by atoms with Crippen LogP contribution in [0.15, 0.2) is 23.4 Å². The number of hydrogen-bond donors (Lipinski definition) is 1. The molecule has 0 aliphatic rings. The Hall–Kier alpha value is -0.560. The fourth-order valence-corrected chi connectivity index (χ4v) is 2.28. The Morgan fingerprint density at radius 3 is 2.67 bits per heavy atom. The minimum absolute atomic E-state index is 0.00415. The fourth-order valence-electron chi connectivity index (χ4n) is 0.820. The summed E-state index contributed by atoms with van der Waals surface area (Å²) in [6.45, 7) is 0. The van der Waals surface area contributed by atoms with E-state index in [1.54, 1.807) is 18.3 Å². The highest BCUT2D eigenvalue weighted by Gasteiger charge is 2.27. The summed E-state index contributed by atoms with van der Waals surface area (Å²) in [6, 6.07) is 3.36. The predicted octanol–water partition coefficient (Wildman–Crippen LogP) is 3.01. The zero-order valence-corrected chi connectivity index (χ0v) is 9.25. The Morgan fingerprint density at radius 1 is 1.33 bits per heavy atom. The molecule has 0 saturated carbocycles. The normalized spacial score (nSPS) is 11.7. The van der Waals surface area contributed by atoms with Crippen molar-refractivity contribution < 1.29 is 13.2 Å². The van der Waals surface area contributed by atoms with Gasteiger partial charge in [-0.2, -0.15) is 13.2 Å². The van der Waals surface area contributed by atoms with Crippen LogP contribution < -0.4 is 5.73 Å². The molecule has 2 nitrogen and oxygen atoms in total. The van der Waals surface area contributed by atoms with Gasteiger partial charge in [-0.05, 0) is 12.1 Å². The molecule has 0 aliphatic carbocycles. The number of anilines is 1. The van der Waals surface area contributed by atoms with Crippen LogP contribution in [0.3, 0.4) is 0 Å². The second-order valence-electron chi connectivity index (χ2n) is 2.54. The molecule has 0 saturated heterocycles. The van der Waals surface area contributed by atoms with Crippen molar-refractivity contribution in [2.75, 3.05) is 17.2 Å². The molecule has 1 rings (SSSR count). The lowest BCUT2D eigenvalue weighted by Gasteiger charge is -2.05. The van der Waals surface area contributed by atoms with Crippen LogP contribution in [0.2, 0.25) is 0 Å². The molecule has 2 N–H and O–H groups in total. The minimum atomic E-state index is -4.16. The van der Waals surface area contributed by atoms with Gasteiger partial charge in [0.1, 0.15) is 5.03 Å². The number of aromatic nitrogens is 1. The Bertz CT molecular complexity index is 317. The van der Waals surface area contributed by atoms with Crippen LogP contribution in [0, 0.1) is 0 Å². The zero-order chi connectivity index (χ0) is 11.3. The number of alkyl halides is 3. The van der Waals surface area contributed by atoms with E-state index in [9.17, 15) is 13.2 Å². The third-order valence-corrected chi connectivity index (χ3v) is 3.41. The van der Waals surface area contributed by atoms with Crippen LogP contribution in [0.4, 0.5) is 18.9 Å². The molecule has 0 unspecified atom stereocenters. The number of nitrogens with zero attached hydrogens (tertiary/aromatic N) is 1. The maximum atomic E-state index is 11.8. The highest BCUT2D eigenvalue weighted by atomic mass is 32.2. The maximum absolute atomic E-state index is 11.8. The smallest absolute Gasteiger partial charge is 0.397 e. The number of rotatable bonds is 4. The van der Waals surface area contributed by atoms with Gasteiger partial charge in [0, 0.05) is 17.7 Å². The molecule has 1 heterocycles. The Morgan fingerprint density at radius 2 is 2.07 bits per heavy atom. The van der Waals surface area contributed by atoms with Gasteiger partial charge in [-0.1, -0.05) is 11.8 Å². The second kappa shape index (κ2) is 5.50. The average molecular weight is 254 g/mol. The van der Waals surface area contributed by atoms with E-state index in [2.05, 4.69) is 4.98 Å². The Labute approximate surface area is 93.8 Å². The van der Waals surface area contributed by atoms with Crippen molar-refractivity contribution in [2.45, 2.75) is 10.5 Å². The monoisotopic (exact) mass is 254 g/mol. The third kappa shape index (κ3) is 5.17. The summed E-state index contributed by atoms with van der Waals surface area (Å²) in [6.07, 6.45) is 1.57. The van der Waals surface area contributed by atoms with Crippen molar-refractivity contribution in [1.29, 1.82) is 0 Å². The number of pyridine rings is 1. The van der Waals surface area contributed by atoms with Crippen LogP contribution in [-0.2, 0) is 0 Å². The van der Waals surface area contributed by atoms with Crippen molar-refractivity contribution >= 4 is 29.2 Å².